The monoisotopic (exact) mass is 211 g/mol. The second-order valence-electron chi connectivity index (χ2n) is 5.09. The van der Waals surface area contributed by atoms with Crippen molar-refractivity contribution in [2.75, 3.05) is 32.7 Å². The van der Waals surface area contributed by atoms with Crippen molar-refractivity contribution in [3.05, 3.63) is 0 Å². The minimum atomic E-state index is 0.565. The topological polar surface area (TPSA) is 32.5 Å². The summed E-state index contributed by atoms with van der Waals surface area (Å²) in [7, 11) is 0. The predicted octanol–water partition coefficient (Wildman–Crippen LogP) is 0.894. The predicted molar refractivity (Wildman–Crippen MR) is 63.9 cm³/mol. The molecule has 1 aliphatic carbocycles. The van der Waals surface area contributed by atoms with Gasteiger partial charge in [0.15, 0.2) is 0 Å². The number of rotatable bonds is 3. The summed E-state index contributed by atoms with van der Waals surface area (Å²) >= 11 is 0. The Kier molecular flexibility index (Phi) is 4.00. The lowest BCUT2D eigenvalue weighted by molar-refractivity contribution is 0.0773. The molecule has 88 valence electrons. The molecule has 1 saturated carbocycles. The molecule has 0 aromatic heterocycles. The quantitative estimate of drug-likeness (QED) is 0.752. The highest BCUT2D eigenvalue weighted by atomic mass is 15.3. The SMILES string of the molecule is CC(CN)N1CCN(C2CCCC2)CC1. The van der Waals surface area contributed by atoms with Crippen LogP contribution in [-0.2, 0) is 0 Å². The average molecular weight is 211 g/mol. The van der Waals surface area contributed by atoms with E-state index < -0.39 is 0 Å². The maximum atomic E-state index is 5.70. The maximum Gasteiger partial charge on any atom is 0.0191 e. The van der Waals surface area contributed by atoms with E-state index in [1.54, 1.807) is 0 Å². The minimum Gasteiger partial charge on any atom is -0.329 e. The average Bonchev–Trinajstić information content (AvgIpc) is 2.82. The Balaban J connectivity index is 1.76. The molecule has 1 atom stereocenters. The lowest BCUT2D eigenvalue weighted by Crippen LogP contribution is -2.53. The van der Waals surface area contributed by atoms with Crippen LogP contribution in [0.5, 0.6) is 0 Å². The molecule has 1 saturated heterocycles. The second-order valence-corrected chi connectivity index (χ2v) is 5.09. The largest absolute Gasteiger partial charge is 0.329 e. The molecule has 1 heterocycles. The van der Waals surface area contributed by atoms with E-state index in [0.29, 0.717) is 6.04 Å². The third kappa shape index (κ3) is 2.71. The molecule has 0 radical (unpaired) electrons. The molecular weight excluding hydrogens is 186 g/mol. The van der Waals surface area contributed by atoms with Gasteiger partial charge in [-0.15, -0.1) is 0 Å². The first-order chi connectivity index (χ1) is 7.31. The fourth-order valence-corrected chi connectivity index (χ4v) is 2.96. The minimum absolute atomic E-state index is 0.565. The summed E-state index contributed by atoms with van der Waals surface area (Å²) in [5.74, 6) is 0. The summed E-state index contributed by atoms with van der Waals surface area (Å²) in [5, 5.41) is 0. The zero-order chi connectivity index (χ0) is 10.7. The van der Waals surface area contributed by atoms with E-state index in [2.05, 4.69) is 16.7 Å². The van der Waals surface area contributed by atoms with Crippen molar-refractivity contribution in [2.45, 2.75) is 44.7 Å². The molecule has 0 amide bonds. The molecule has 1 unspecified atom stereocenters. The molecule has 0 aromatic carbocycles. The molecular formula is C12H25N3. The molecule has 3 nitrogen and oxygen atoms in total. The number of hydrogen-bond acceptors (Lipinski definition) is 3. The first kappa shape index (κ1) is 11.4. The molecule has 2 aliphatic rings. The van der Waals surface area contributed by atoms with Crippen LogP contribution in [0.1, 0.15) is 32.6 Å². The van der Waals surface area contributed by atoms with Gasteiger partial charge in [0.05, 0.1) is 0 Å². The fourth-order valence-electron chi connectivity index (χ4n) is 2.96. The van der Waals surface area contributed by atoms with Crippen LogP contribution in [-0.4, -0.2) is 54.6 Å². The van der Waals surface area contributed by atoms with Crippen molar-refractivity contribution in [3.8, 4) is 0 Å². The molecule has 0 bridgehead atoms. The smallest absolute Gasteiger partial charge is 0.0191 e. The van der Waals surface area contributed by atoms with Gasteiger partial charge in [-0.3, -0.25) is 9.80 Å². The summed E-state index contributed by atoms with van der Waals surface area (Å²) in [4.78, 5) is 5.23. The number of hydrogen-bond donors (Lipinski definition) is 1. The normalized spacial score (nSPS) is 28.4. The molecule has 2 rings (SSSR count). The fraction of sp³-hybridized carbons (Fsp3) is 1.00. The van der Waals surface area contributed by atoms with Crippen molar-refractivity contribution < 1.29 is 0 Å². The van der Waals surface area contributed by atoms with Crippen molar-refractivity contribution in [2.24, 2.45) is 5.73 Å². The van der Waals surface area contributed by atoms with Gasteiger partial charge in [-0.1, -0.05) is 12.8 Å². The second kappa shape index (κ2) is 5.28. The Labute approximate surface area is 93.6 Å². The van der Waals surface area contributed by atoms with Gasteiger partial charge >= 0.3 is 0 Å². The summed E-state index contributed by atoms with van der Waals surface area (Å²) in [6.07, 6.45) is 5.77. The van der Waals surface area contributed by atoms with Crippen molar-refractivity contribution in [1.29, 1.82) is 0 Å². The van der Waals surface area contributed by atoms with Crippen LogP contribution in [0.2, 0.25) is 0 Å². The highest BCUT2D eigenvalue weighted by Gasteiger charge is 2.27. The van der Waals surface area contributed by atoms with Gasteiger partial charge in [-0.25, -0.2) is 0 Å². The maximum absolute atomic E-state index is 5.70. The Morgan fingerprint density at radius 1 is 1.13 bits per heavy atom. The van der Waals surface area contributed by atoms with E-state index in [0.717, 1.165) is 12.6 Å². The van der Waals surface area contributed by atoms with Gasteiger partial charge < -0.3 is 5.73 Å². The summed E-state index contributed by atoms with van der Waals surface area (Å²) in [5.41, 5.74) is 5.70. The highest BCUT2D eigenvalue weighted by Crippen LogP contribution is 2.24. The van der Waals surface area contributed by atoms with Crippen LogP contribution in [0.3, 0.4) is 0 Å². The lowest BCUT2D eigenvalue weighted by atomic mass is 10.1. The molecule has 2 N–H and O–H groups in total. The Hall–Kier alpha value is -0.120. The van der Waals surface area contributed by atoms with Crippen LogP contribution in [0.15, 0.2) is 0 Å². The molecule has 0 aromatic rings. The Morgan fingerprint density at radius 3 is 2.27 bits per heavy atom. The van der Waals surface area contributed by atoms with E-state index in [1.165, 1.54) is 51.9 Å². The van der Waals surface area contributed by atoms with Gasteiger partial charge in [0.2, 0.25) is 0 Å². The molecule has 1 aliphatic heterocycles. The van der Waals surface area contributed by atoms with E-state index in [4.69, 9.17) is 5.73 Å². The molecule has 15 heavy (non-hydrogen) atoms. The summed E-state index contributed by atoms with van der Waals surface area (Å²) in [6.45, 7) is 7.99. The van der Waals surface area contributed by atoms with E-state index in [1.807, 2.05) is 0 Å². The van der Waals surface area contributed by atoms with Crippen molar-refractivity contribution >= 4 is 0 Å². The zero-order valence-electron chi connectivity index (χ0n) is 9.99. The van der Waals surface area contributed by atoms with Gasteiger partial charge in [0.1, 0.15) is 0 Å². The lowest BCUT2D eigenvalue weighted by Gasteiger charge is -2.40. The van der Waals surface area contributed by atoms with Gasteiger partial charge in [0.25, 0.3) is 0 Å². The van der Waals surface area contributed by atoms with Crippen LogP contribution in [0.4, 0.5) is 0 Å². The van der Waals surface area contributed by atoms with E-state index in [9.17, 15) is 0 Å². The van der Waals surface area contributed by atoms with Crippen molar-refractivity contribution in [1.82, 2.24) is 9.80 Å². The third-order valence-electron chi connectivity index (χ3n) is 4.15. The number of nitrogens with two attached hydrogens (primary N) is 1. The van der Waals surface area contributed by atoms with Crippen LogP contribution in [0.25, 0.3) is 0 Å². The van der Waals surface area contributed by atoms with Gasteiger partial charge in [0, 0.05) is 44.8 Å². The van der Waals surface area contributed by atoms with E-state index >= 15 is 0 Å². The molecule has 2 fully saturated rings. The van der Waals surface area contributed by atoms with Gasteiger partial charge in [-0.05, 0) is 19.8 Å². The zero-order valence-corrected chi connectivity index (χ0v) is 9.99. The molecule has 0 spiro atoms. The van der Waals surface area contributed by atoms with Gasteiger partial charge in [-0.2, -0.15) is 0 Å². The summed E-state index contributed by atoms with van der Waals surface area (Å²) in [6, 6.07) is 1.47. The number of nitrogens with zero attached hydrogens (tertiary/aromatic N) is 2. The highest BCUT2D eigenvalue weighted by molar-refractivity contribution is 4.83. The number of piperazine rings is 1. The van der Waals surface area contributed by atoms with Crippen LogP contribution >= 0.6 is 0 Å². The Morgan fingerprint density at radius 2 is 1.73 bits per heavy atom. The third-order valence-corrected chi connectivity index (χ3v) is 4.15. The molecule has 3 heteroatoms. The van der Waals surface area contributed by atoms with Crippen molar-refractivity contribution in [3.63, 3.8) is 0 Å². The van der Waals surface area contributed by atoms with Crippen LogP contribution in [0, 0.1) is 0 Å². The summed E-state index contributed by atoms with van der Waals surface area (Å²) < 4.78 is 0. The van der Waals surface area contributed by atoms with E-state index in [-0.39, 0.29) is 0 Å². The first-order valence-corrected chi connectivity index (χ1v) is 6.49. The Bertz CT molecular complexity index is 181. The van der Waals surface area contributed by atoms with Crippen LogP contribution < -0.4 is 5.73 Å². The standard InChI is InChI=1S/C12H25N3/c1-11(10-13)14-6-8-15(9-7-14)12-4-2-3-5-12/h11-12H,2-10,13H2,1H3. The first-order valence-electron chi connectivity index (χ1n) is 6.49.